The van der Waals surface area contributed by atoms with E-state index in [1.807, 2.05) is 0 Å². The third-order valence-electron chi connectivity index (χ3n) is 2.42. The van der Waals surface area contributed by atoms with Crippen molar-refractivity contribution in [1.82, 2.24) is 4.90 Å². The van der Waals surface area contributed by atoms with Crippen molar-refractivity contribution in [3.05, 3.63) is 12.2 Å². The molecule has 64 valence electrons. The Bertz CT molecular complexity index is 129. The zero-order chi connectivity index (χ0) is 8.10. The summed E-state index contributed by atoms with van der Waals surface area (Å²) in [6.07, 6.45) is 9.96. The van der Waals surface area contributed by atoms with E-state index >= 15 is 0 Å². The van der Waals surface area contributed by atoms with E-state index in [1.165, 1.54) is 32.2 Å². The Morgan fingerprint density at radius 2 is 2.27 bits per heavy atom. The Hall–Kier alpha value is -0.300. The summed E-state index contributed by atoms with van der Waals surface area (Å²) < 4.78 is 0. The SMILES string of the molecule is CC/C=C/C1CCCCN1C. The Kier molecular flexibility index (Phi) is 3.64. The van der Waals surface area contributed by atoms with E-state index in [0.29, 0.717) is 0 Å². The summed E-state index contributed by atoms with van der Waals surface area (Å²) in [5.74, 6) is 0. The molecule has 1 unspecified atom stereocenters. The van der Waals surface area contributed by atoms with Crippen LogP contribution >= 0.6 is 0 Å². The molecule has 1 rings (SSSR count). The van der Waals surface area contributed by atoms with Crippen molar-refractivity contribution in [2.24, 2.45) is 0 Å². The first-order valence-electron chi connectivity index (χ1n) is 4.71. The van der Waals surface area contributed by atoms with Gasteiger partial charge in [0.15, 0.2) is 0 Å². The molecule has 1 heterocycles. The molecular weight excluding hydrogens is 134 g/mol. The summed E-state index contributed by atoms with van der Waals surface area (Å²) in [7, 11) is 2.23. The van der Waals surface area contributed by atoms with Crippen molar-refractivity contribution < 1.29 is 0 Å². The summed E-state index contributed by atoms with van der Waals surface area (Å²) in [6.45, 7) is 3.47. The van der Waals surface area contributed by atoms with E-state index < -0.39 is 0 Å². The molecule has 0 spiro atoms. The molecule has 1 atom stereocenters. The molecule has 0 bridgehead atoms. The quantitative estimate of drug-likeness (QED) is 0.551. The van der Waals surface area contributed by atoms with Crippen molar-refractivity contribution in [1.29, 1.82) is 0 Å². The maximum Gasteiger partial charge on any atom is 0.0275 e. The standard InChI is InChI=1S/C10H19N/c1-3-4-7-10-8-5-6-9-11(10)2/h4,7,10H,3,5-6,8-9H2,1-2H3/b7-4+. The summed E-state index contributed by atoms with van der Waals surface area (Å²) in [6, 6.07) is 0.726. The van der Waals surface area contributed by atoms with Gasteiger partial charge in [0.2, 0.25) is 0 Å². The summed E-state index contributed by atoms with van der Waals surface area (Å²) in [5, 5.41) is 0. The number of hydrogen-bond donors (Lipinski definition) is 0. The molecule has 11 heavy (non-hydrogen) atoms. The highest BCUT2D eigenvalue weighted by atomic mass is 15.1. The zero-order valence-electron chi connectivity index (χ0n) is 7.71. The molecule has 1 saturated heterocycles. The van der Waals surface area contributed by atoms with Crippen LogP contribution in [-0.4, -0.2) is 24.5 Å². The topological polar surface area (TPSA) is 3.24 Å². The molecule has 1 aliphatic heterocycles. The molecule has 0 radical (unpaired) electrons. The third-order valence-corrected chi connectivity index (χ3v) is 2.42. The molecule has 0 saturated carbocycles. The minimum absolute atomic E-state index is 0.726. The van der Waals surface area contributed by atoms with Gasteiger partial charge in [0.05, 0.1) is 0 Å². The van der Waals surface area contributed by atoms with Crippen LogP contribution in [0.1, 0.15) is 32.6 Å². The molecule has 1 nitrogen and oxygen atoms in total. The fraction of sp³-hybridized carbons (Fsp3) is 0.800. The fourth-order valence-electron chi connectivity index (χ4n) is 1.64. The average Bonchev–Trinajstić information content (AvgIpc) is 2.03. The van der Waals surface area contributed by atoms with Gasteiger partial charge in [-0.15, -0.1) is 0 Å². The number of likely N-dealkylation sites (N-methyl/N-ethyl adjacent to an activating group) is 1. The van der Waals surface area contributed by atoms with Gasteiger partial charge in [-0.05, 0) is 32.9 Å². The van der Waals surface area contributed by atoms with E-state index in [4.69, 9.17) is 0 Å². The molecule has 0 aromatic carbocycles. The summed E-state index contributed by atoms with van der Waals surface area (Å²) >= 11 is 0. The van der Waals surface area contributed by atoms with Crippen LogP contribution in [0.15, 0.2) is 12.2 Å². The Labute approximate surface area is 70.1 Å². The first-order valence-corrected chi connectivity index (χ1v) is 4.71. The normalized spacial score (nSPS) is 28.0. The van der Waals surface area contributed by atoms with Crippen LogP contribution < -0.4 is 0 Å². The largest absolute Gasteiger partial charge is 0.300 e. The van der Waals surface area contributed by atoms with Crippen LogP contribution in [-0.2, 0) is 0 Å². The number of piperidine rings is 1. The minimum Gasteiger partial charge on any atom is -0.300 e. The first kappa shape index (κ1) is 8.79. The predicted molar refractivity (Wildman–Crippen MR) is 49.7 cm³/mol. The maximum atomic E-state index is 2.45. The number of rotatable bonds is 2. The molecule has 1 heteroatoms. The second kappa shape index (κ2) is 4.55. The van der Waals surface area contributed by atoms with Crippen LogP contribution in [0.5, 0.6) is 0 Å². The van der Waals surface area contributed by atoms with E-state index in [0.717, 1.165) is 6.04 Å². The van der Waals surface area contributed by atoms with Gasteiger partial charge in [0, 0.05) is 6.04 Å². The zero-order valence-corrected chi connectivity index (χ0v) is 7.71. The lowest BCUT2D eigenvalue weighted by Crippen LogP contribution is -2.34. The molecule has 1 fully saturated rings. The van der Waals surface area contributed by atoms with E-state index in [2.05, 4.69) is 31.0 Å². The molecule has 1 aliphatic rings. The lowest BCUT2D eigenvalue weighted by Gasteiger charge is -2.30. The van der Waals surface area contributed by atoms with E-state index in [-0.39, 0.29) is 0 Å². The minimum atomic E-state index is 0.726. The predicted octanol–water partition coefficient (Wildman–Crippen LogP) is 2.44. The van der Waals surface area contributed by atoms with Gasteiger partial charge in [-0.3, -0.25) is 4.90 Å². The van der Waals surface area contributed by atoms with Gasteiger partial charge < -0.3 is 0 Å². The van der Waals surface area contributed by atoms with Crippen LogP contribution in [0, 0.1) is 0 Å². The van der Waals surface area contributed by atoms with Gasteiger partial charge in [-0.1, -0.05) is 25.5 Å². The fourth-order valence-corrected chi connectivity index (χ4v) is 1.64. The van der Waals surface area contributed by atoms with Crippen molar-refractivity contribution >= 4 is 0 Å². The smallest absolute Gasteiger partial charge is 0.0275 e. The first-order chi connectivity index (χ1) is 5.34. The van der Waals surface area contributed by atoms with Gasteiger partial charge in [-0.25, -0.2) is 0 Å². The van der Waals surface area contributed by atoms with Gasteiger partial charge in [0.25, 0.3) is 0 Å². The van der Waals surface area contributed by atoms with Crippen molar-refractivity contribution in [2.75, 3.05) is 13.6 Å². The van der Waals surface area contributed by atoms with Crippen molar-refractivity contribution in [3.63, 3.8) is 0 Å². The van der Waals surface area contributed by atoms with Crippen LogP contribution in [0.25, 0.3) is 0 Å². The summed E-state index contributed by atoms with van der Waals surface area (Å²) in [4.78, 5) is 2.45. The number of likely N-dealkylation sites (tertiary alicyclic amines) is 1. The lowest BCUT2D eigenvalue weighted by atomic mass is 10.0. The third kappa shape index (κ3) is 2.66. The molecule has 0 aromatic heterocycles. The van der Waals surface area contributed by atoms with E-state index in [9.17, 15) is 0 Å². The van der Waals surface area contributed by atoms with E-state index in [1.54, 1.807) is 0 Å². The maximum absolute atomic E-state index is 2.45. The van der Waals surface area contributed by atoms with Crippen molar-refractivity contribution in [2.45, 2.75) is 38.6 Å². The van der Waals surface area contributed by atoms with Gasteiger partial charge in [0.1, 0.15) is 0 Å². The number of nitrogens with zero attached hydrogens (tertiary/aromatic N) is 1. The highest BCUT2D eigenvalue weighted by Gasteiger charge is 2.14. The van der Waals surface area contributed by atoms with Crippen LogP contribution in [0.4, 0.5) is 0 Å². The Balaban J connectivity index is 2.35. The molecule has 0 N–H and O–H groups in total. The van der Waals surface area contributed by atoms with Gasteiger partial charge >= 0.3 is 0 Å². The Morgan fingerprint density at radius 1 is 1.45 bits per heavy atom. The second-order valence-corrected chi connectivity index (χ2v) is 3.38. The number of allylic oxidation sites excluding steroid dienone is 1. The highest BCUT2D eigenvalue weighted by molar-refractivity contribution is 4.94. The monoisotopic (exact) mass is 153 g/mol. The van der Waals surface area contributed by atoms with Gasteiger partial charge in [-0.2, -0.15) is 0 Å². The molecular formula is C10H19N. The van der Waals surface area contributed by atoms with Crippen LogP contribution in [0.3, 0.4) is 0 Å². The van der Waals surface area contributed by atoms with Crippen LogP contribution in [0.2, 0.25) is 0 Å². The highest BCUT2D eigenvalue weighted by Crippen LogP contribution is 2.15. The average molecular weight is 153 g/mol. The summed E-state index contributed by atoms with van der Waals surface area (Å²) in [5.41, 5.74) is 0. The Morgan fingerprint density at radius 3 is 2.91 bits per heavy atom. The van der Waals surface area contributed by atoms with Crippen molar-refractivity contribution in [3.8, 4) is 0 Å². The lowest BCUT2D eigenvalue weighted by molar-refractivity contribution is 0.222. The molecule has 0 aromatic rings. The second-order valence-electron chi connectivity index (χ2n) is 3.38. The molecule has 0 aliphatic carbocycles. The molecule has 0 amide bonds. The number of hydrogen-bond acceptors (Lipinski definition) is 1.